The van der Waals surface area contributed by atoms with E-state index in [1.54, 1.807) is 38.1 Å². The second-order valence-corrected chi connectivity index (χ2v) is 5.19. The first-order valence-corrected chi connectivity index (χ1v) is 6.65. The number of aryl methyl sites for hydroxylation is 2. The van der Waals surface area contributed by atoms with Crippen molar-refractivity contribution >= 4 is 40.4 Å². The van der Waals surface area contributed by atoms with Crippen LogP contribution in [0.2, 0.25) is 5.02 Å². The number of hydrogen-bond donors (Lipinski definition) is 2. The van der Waals surface area contributed by atoms with E-state index < -0.39 is 0 Å². The van der Waals surface area contributed by atoms with E-state index in [9.17, 15) is 4.79 Å². The SMILES string of the molecule is Cc1cc(C(=O)Nc2ccc(C(N)=S)cc2Cl)c(C)o1. The molecule has 6 heteroatoms. The maximum absolute atomic E-state index is 12.1. The van der Waals surface area contributed by atoms with Crippen molar-refractivity contribution in [2.75, 3.05) is 5.32 Å². The molecule has 0 unspecified atom stereocenters. The second-order valence-electron chi connectivity index (χ2n) is 4.34. The number of nitrogens with one attached hydrogen (secondary N) is 1. The zero-order valence-electron chi connectivity index (χ0n) is 11.0. The molecule has 1 aromatic carbocycles. The van der Waals surface area contributed by atoms with E-state index in [0.29, 0.717) is 33.4 Å². The first-order chi connectivity index (χ1) is 9.38. The van der Waals surface area contributed by atoms with E-state index in [4.69, 9.17) is 34.0 Å². The molecular formula is C14H13ClN2O2S. The summed E-state index contributed by atoms with van der Waals surface area (Å²) >= 11 is 11.0. The molecule has 1 aromatic heterocycles. The summed E-state index contributed by atoms with van der Waals surface area (Å²) in [6, 6.07) is 6.67. The summed E-state index contributed by atoms with van der Waals surface area (Å²) in [6.07, 6.45) is 0. The molecule has 0 aliphatic rings. The third-order valence-corrected chi connectivity index (χ3v) is 3.34. The van der Waals surface area contributed by atoms with Gasteiger partial charge in [-0.15, -0.1) is 0 Å². The van der Waals surface area contributed by atoms with Gasteiger partial charge in [-0.25, -0.2) is 0 Å². The Balaban J connectivity index is 2.24. The Morgan fingerprint density at radius 2 is 2.05 bits per heavy atom. The van der Waals surface area contributed by atoms with Crippen molar-refractivity contribution in [2.24, 2.45) is 5.73 Å². The van der Waals surface area contributed by atoms with Crippen molar-refractivity contribution in [3.8, 4) is 0 Å². The summed E-state index contributed by atoms with van der Waals surface area (Å²) in [4.78, 5) is 12.4. The van der Waals surface area contributed by atoms with Gasteiger partial charge in [0.05, 0.1) is 16.3 Å². The number of nitrogens with two attached hydrogens (primary N) is 1. The van der Waals surface area contributed by atoms with Crippen LogP contribution >= 0.6 is 23.8 Å². The zero-order valence-corrected chi connectivity index (χ0v) is 12.6. The standard InChI is InChI=1S/C14H13ClN2O2S/c1-7-5-10(8(2)19-7)14(18)17-12-4-3-9(13(16)20)6-11(12)15/h3-6H,1-2H3,(H2,16,20)(H,17,18). The highest BCUT2D eigenvalue weighted by Gasteiger charge is 2.15. The predicted octanol–water partition coefficient (Wildman–Crippen LogP) is 3.44. The van der Waals surface area contributed by atoms with Crippen LogP contribution in [0.5, 0.6) is 0 Å². The van der Waals surface area contributed by atoms with Crippen LogP contribution in [0.4, 0.5) is 5.69 Å². The number of anilines is 1. The molecule has 0 radical (unpaired) electrons. The Kier molecular flexibility index (Phi) is 4.11. The largest absolute Gasteiger partial charge is 0.466 e. The Labute approximate surface area is 126 Å². The molecule has 0 spiro atoms. The lowest BCUT2D eigenvalue weighted by Gasteiger charge is -2.08. The van der Waals surface area contributed by atoms with Crippen LogP contribution in [0.15, 0.2) is 28.7 Å². The van der Waals surface area contributed by atoms with Crippen LogP contribution in [0.1, 0.15) is 27.4 Å². The first kappa shape index (κ1) is 14.6. The molecule has 4 nitrogen and oxygen atoms in total. The summed E-state index contributed by atoms with van der Waals surface area (Å²) in [5.41, 5.74) is 7.15. The molecule has 2 rings (SSSR count). The minimum Gasteiger partial charge on any atom is -0.466 e. The minimum absolute atomic E-state index is 0.256. The molecule has 0 fully saturated rings. The van der Waals surface area contributed by atoms with E-state index >= 15 is 0 Å². The topological polar surface area (TPSA) is 68.3 Å². The van der Waals surface area contributed by atoms with Crippen molar-refractivity contribution in [2.45, 2.75) is 13.8 Å². The fourth-order valence-electron chi connectivity index (χ4n) is 1.82. The molecule has 1 amide bonds. The molecule has 0 aliphatic carbocycles. The van der Waals surface area contributed by atoms with Crippen molar-refractivity contribution in [3.63, 3.8) is 0 Å². The Morgan fingerprint density at radius 3 is 2.55 bits per heavy atom. The number of thiocarbonyl (C=S) groups is 1. The van der Waals surface area contributed by atoms with Gasteiger partial charge in [0, 0.05) is 5.56 Å². The highest BCUT2D eigenvalue weighted by molar-refractivity contribution is 7.80. The highest BCUT2D eigenvalue weighted by atomic mass is 35.5. The molecule has 2 aromatic rings. The molecule has 0 atom stereocenters. The molecule has 0 saturated carbocycles. The van der Waals surface area contributed by atoms with E-state index in [1.807, 2.05) is 0 Å². The highest BCUT2D eigenvalue weighted by Crippen LogP contribution is 2.24. The molecule has 3 N–H and O–H groups in total. The van der Waals surface area contributed by atoms with Gasteiger partial charge in [-0.05, 0) is 38.1 Å². The van der Waals surface area contributed by atoms with Crippen molar-refractivity contribution < 1.29 is 9.21 Å². The van der Waals surface area contributed by atoms with E-state index in [1.165, 1.54) is 0 Å². The molecule has 1 heterocycles. The third-order valence-electron chi connectivity index (χ3n) is 2.79. The fraction of sp³-hybridized carbons (Fsp3) is 0.143. The Hall–Kier alpha value is -1.85. The fourth-order valence-corrected chi connectivity index (χ4v) is 2.17. The van der Waals surface area contributed by atoms with Gasteiger partial charge in [0.1, 0.15) is 16.5 Å². The predicted molar refractivity (Wildman–Crippen MR) is 83.5 cm³/mol. The van der Waals surface area contributed by atoms with Crippen LogP contribution in [0.25, 0.3) is 0 Å². The Bertz CT molecular complexity index is 694. The van der Waals surface area contributed by atoms with Gasteiger partial charge in [0.25, 0.3) is 5.91 Å². The normalized spacial score (nSPS) is 10.3. The summed E-state index contributed by atoms with van der Waals surface area (Å²) in [7, 11) is 0. The van der Waals surface area contributed by atoms with Crippen LogP contribution in [0, 0.1) is 13.8 Å². The van der Waals surface area contributed by atoms with Gasteiger partial charge in [0.2, 0.25) is 0 Å². The second kappa shape index (κ2) is 5.64. The zero-order chi connectivity index (χ0) is 14.9. The molecule has 20 heavy (non-hydrogen) atoms. The van der Waals surface area contributed by atoms with Crippen LogP contribution in [-0.2, 0) is 0 Å². The average Bonchev–Trinajstić information content (AvgIpc) is 2.70. The van der Waals surface area contributed by atoms with Crippen molar-refractivity contribution in [3.05, 3.63) is 51.9 Å². The smallest absolute Gasteiger partial charge is 0.259 e. The van der Waals surface area contributed by atoms with E-state index in [2.05, 4.69) is 5.32 Å². The lowest BCUT2D eigenvalue weighted by Crippen LogP contribution is -2.13. The summed E-state index contributed by atoms with van der Waals surface area (Å²) in [5, 5.41) is 3.11. The first-order valence-electron chi connectivity index (χ1n) is 5.86. The maximum atomic E-state index is 12.1. The van der Waals surface area contributed by atoms with Gasteiger partial charge < -0.3 is 15.5 Å². The van der Waals surface area contributed by atoms with Gasteiger partial charge in [-0.1, -0.05) is 23.8 Å². The lowest BCUT2D eigenvalue weighted by atomic mass is 10.2. The number of amides is 1. The summed E-state index contributed by atoms with van der Waals surface area (Å²) in [5.74, 6) is 0.975. The van der Waals surface area contributed by atoms with Crippen molar-refractivity contribution in [1.29, 1.82) is 0 Å². The number of halogens is 1. The van der Waals surface area contributed by atoms with E-state index in [0.717, 1.165) is 0 Å². The molecular weight excluding hydrogens is 296 g/mol. The molecule has 104 valence electrons. The van der Waals surface area contributed by atoms with E-state index in [-0.39, 0.29) is 10.9 Å². The molecule has 0 aliphatic heterocycles. The molecule has 0 saturated heterocycles. The summed E-state index contributed by atoms with van der Waals surface area (Å²) in [6.45, 7) is 3.52. The minimum atomic E-state index is -0.274. The number of furan rings is 1. The number of carbonyl (C=O) groups is 1. The number of benzene rings is 1. The number of rotatable bonds is 3. The van der Waals surface area contributed by atoms with Crippen LogP contribution in [-0.4, -0.2) is 10.9 Å². The Morgan fingerprint density at radius 1 is 1.35 bits per heavy atom. The monoisotopic (exact) mass is 308 g/mol. The number of carbonyl (C=O) groups excluding carboxylic acids is 1. The quantitative estimate of drug-likeness (QED) is 0.852. The van der Waals surface area contributed by atoms with Crippen LogP contribution < -0.4 is 11.1 Å². The third kappa shape index (κ3) is 3.00. The number of hydrogen-bond acceptors (Lipinski definition) is 3. The van der Waals surface area contributed by atoms with Gasteiger partial charge in [-0.2, -0.15) is 0 Å². The van der Waals surface area contributed by atoms with Crippen LogP contribution in [0.3, 0.4) is 0 Å². The average molecular weight is 309 g/mol. The maximum Gasteiger partial charge on any atom is 0.259 e. The van der Waals surface area contributed by atoms with Crippen molar-refractivity contribution in [1.82, 2.24) is 0 Å². The molecule has 0 bridgehead atoms. The van der Waals surface area contributed by atoms with Gasteiger partial charge in [-0.3, -0.25) is 4.79 Å². The summed E-state index contributed by atoms with van der Waals surface area (Å²) < 4.78 is 5.33. The van der Waals surface area contributed by atoms with Gasteiger partial charge >= 0.3 is 0 Å². The van der Waals surface area contributed by atoms with Gasteiger partial charge in [0.15, 0.2) is 0 Å². The lowest BCUT2D eigenvalue weighted by molar-refractivity contribution is 0.102.